The predicted octanol–water partition coefficient (Wildman–Crippen LogP) is 3.41. The average molecular weight is 491 g/mol. The number of carbonyl (C=O) groups excluding carboxylic acids is 2. The molecule has 1 atom stereocenters. The first kappa shape index (κ1) is 24.1. The Kier molecular flexibility index (Phi) is 7.51. The number of thioether (sulfide) groups is 1. The molecule has 0 spiro atoms. The molecule has 0 bridgehead atoms. The third-order valence-corrected chi connectivity index (χ3v) is 6.44. The van der Waals surface area contributed by atoms with Crippen LogP contribution in [0.2, 0.25) is 0 Å². The van der Waals surface area contributed by atoms with Gasteiger partial charge >= 0.3 is 0 Å². The van der Waals surface area contributed by atoms with E-state index in [1.54, 1.807) is 43.8 Å². The topological polar surface area (TPSA) is 103 Å². The minimum atomic E-state index is -0.448. The molecular formula is C25H26N6O3S. The number of hydrogen-bond donors (Lipinski definition) is 2. The highest BCUT2D eigenvalue weighted by atomic mass is 32.2. The number of nitrogens with one attached hydrogen (secondary N) is 2. The van der Waals surface area contributed by atoms with Gasteiger partial charge in [0.15, 0.2) is 5.16 Å². The van der Waals surface area contributed by atoms with Crippen molar-refractivity contribution in [2.45, 2.75) is 11.2 Å². The SMILES string of the molecule is COc1ccc(C(NC(=O)c2ccc(NC(=O)CSc3nccn3C)cc2)c2nccn2C)cc1. The van der Waals surface area contributed by atoms with Crippen molar-refractivity contribution in [3.8, 4) is 5.75 Å². The summed E-state index contributed by atoms with van der Waals surface area (Å²) in [4.78, 5) is 34.0. The zero-order valence-electron chi connectivity index (χ0n) is 19.6. The van der Waals surface area contributed by atoms with Gasteiger partial charge in [-0.2, -0.15) is 0 Å². The number of carbonyl (C=O) groups is 2. The van der Waals surface area contributed by atoms with Gasteiger partial charge in [0.25, 0.3) is 5.91 Å². The van der Waals surface area contributed by atoms with Crippen LogP contribution in [-0.4, -0.2) is 43.8 Å². The van der Waals surface area contributed by atoms with Gasteiger partial charge in [-0.05, 0) is 42.0 Å². The van der Waals surface area contributed by atoms with Crippen molar-refractivity contribution in [1.82, 2.24) is 24.4 Å². The van der Waals surface area contributed by atoms with E-state index >= 15 is 0 Å². The number of benzene rings is 2. The molecule has 2 amide bonds. The van der Waals surface area contributed by atoms with Gasteiger partial charge in [0, 0.05) is 50.1 Å². The Morgan fingerprint density at radius 2 is 1.66 bits per heavy atom. The van der Waals surface area contributed by atoms with E-state index in [2.05, 4.69) is 20.6 Å². The summed E-state index contributed by atoms with van der Waals surface area (Å²) in [5, 5.41) is 6.68. The fraction of sp³-hybridized carbons (Fsp3) is 0.200. The molecule has 2 heterocycles. The largest absolute Gasteiger partial charge is 0.497 e. The number of anilines is 1. The molecule has 0 aliphatic heterocycles. The molecule has 0 aliphatic carbocycles. The summed E-state index contributed by atoms with van der Waals surface area (Å²) in [5.41, 5.74) is 1.96. The maximum atomic E-state index is 13.1. The number of methoxy groups -OCH3 is 1. The normalized spacial score (nSPS) is 11.6. The number of amides is 2. The van der Waals surface area contributed by atoms with Crippen molar-refractivity contribution < 1.29 is 14.3 Å². The fourth-order valence-corrected chi connectivity index (χ4v) is 4.22. The molecule has 0 aliphatic rings. The molecule has 0 radical (unpaired) electrons. The molecule has 4 rings (SSSR count). The monoisotopic (exact) mass is 490 g/mol. The van der Waals surface area contributed by atoms with Crippen molar-refractivity contribution >= 4 is 29.3 Å². The van der Waals surface area contributed by atoms with Crippen LogP contribution in [0.1, 0.15) is 27.8 Å². The Bertz CT molecular complexity index is 1300. The lowest BCUT2D eigenvalue weighted by atomic mass is 10.0. The summed E-state index contributed by atoms with van der Waals surface area (Å²) < 4.78 is 8.98. The number of nitrogens with zero attached hydrogens (tertiary/aromatic N) is 4. The van der Waals surface area contributed by atoms with E-state index in [1.807, 2.05) is 59.9 Å². The first-order chi connectivity index (χ1) is 16.9. The molecule has 0 fully saturated rings. The lowest BCUT2D eigenvalue weighted by Gasteiger charge is -2.19. The minimum Gasteiger partial charge on any atom is -0.497 e. The van der Waals surface area contributed by atoms with Gasteiger partial charge < -0.3 is 24.5 Å². The predicted molar refractivity (Wildman–Crippen MR) is 135 cm³/mol. The molecule has 9 nitrogen and oxygen atoms in total. The van der Waals surface area contributed by atoms with E-state index < -0.39 is 6.04 Å². The highest BCUT2D eigenvalue weighted by Crippen LogP contribution is 2.24. The van der Waals surface area contributed by atoms with Gasteiger partial charge in [-0.1, -0.05) is 23.9 Å². The second-order valence-corrected chi connectivity index (χ2v) is 8.75. The van der Waals surface area contributed by atoms with Crippen molar-refractivity contribution in [3.05, 3.63) is 90.3 Å². The number of hydrogen-bond acceptors (Lipinski definition) is 6. The Balaban J connectivity index is 1.42. The zero-order valence-corrected chi connectivity index (χ0v) is 20.5. The van der Waals surface area contributed by atoms with Crippen LogP contribution in [0.3, 0.4) is 0 Å². The maximum absolute atomic E-state index is 13.1. The van der Waals surface area contributed by atoms with Crippen LogP contribution in [0.5, 0.6) is 5.75 Å². The van der Waals surface area contributed by atoms with Crippen LogP contribution in [0, 0.1) is 0 Å². The molecule has 0 saturated carbocycles. The van der Waals surface area contributed by atoms with E-state index in [0.29, 0.717) is 17.1 Å². The van der Waals surface area contributed by atoms with Gasteiger partial charge in [-0.25, -0.2) is 9.97 Å². The van der Waals surface area contributed by atoms with Gasteiger partial charge in [-0.3, -0.25) is 9.59 Å². The Morgan fingerprint density at radius 3 is 2.26 bits per heavy atom. The lowest BCUT2D eigenvalue weighted by molar-refractivity contribution is -0.113. The van der Waals surface area contributed by atoms with E-state index in [9.17, 15) is 9.59 Å². The lowest BCUT2D eigenvalue weighted by Crippen LogP contribution is -2.31. The number of imidazole rings is 2. The molecule has 2 N–H and O–H groups in total. The number of ether oxygens (including phenoxy) is 1. The highest BCUT2D eigenvalue weighted by Gasteiger charge is 2.21. The summed E-state index contributed by atoms with van der Waals surface area (Å²) in [6, 6.07) is 13.8. The Hall–Kier alpha value is -4.05. The molecule has 0 saturated heterocycles. The van der Waals surface area contributed by atoms with Crippen LogP contribution in [0.25, 0.3) is 0 Å². The minimum absolute atomic E-state index is 0.149. The standard InChI is InChI=1S/C25H26N6O3S/c1-30-14-12-26-23(30)22(17-6-10-20(34-3)11-7-17)29-24(33)18-4-8-19(9-5-18)28-21(32)16-35-25-27-13-15-31(25)2/h4-15,22H,16H2,1-3H3,(H,28,32)(H,29,33). The van der Waals surface area contributed by atoms with Gasteiger partial charge in [-0.15, -0.1) is 0 Å². The smallest absolute Gasteiger partial charge is 0.252 e. The third-order valence-electron chi connectivity index (χ3n) is 5.38. The molecule has 4 aromatic rings. The summed E-state index contributed by atoms with van der Waals surface area (Å²) in [5.74, 6) is 1.27. The van der Waals surface area contributed by atoms with E-state index in [0.717, 1.165) is 16.5 Å². The van der Waals surface area contributed by atoms with Crippen LogP contribution in [0.15, 0.2) is 78.5 Å². The van der Waals surface area contributed by atoms with E-state index in [1.165, 1.54) is 11.8 Å². The summed E-state index contributed by atoms with van der Waals surface area (Å²) in [6.07, 6.45) is 7.05. The fourth-order valence-electron chi connectivity index (χ4n) is 3.49. The van der Waals surface area contributed by atoms with Crippen LogP contribution in [0.4, 0.5) is 5.69 Å². The number of aryl methyl sites for hydroxylation is 2. The molecule has 1 unspecified atom stereocenters. The second kappa shape index (κ2) is 10.9. The second-order valence-electron chi connectivity index (χ2n) is 7.81. The molecule has 2 aromatic heterocycles. The van der Waals surface area contributed by atoms with Crippen molar-refractivity contribution in [2.24, 2.45) is 14.1 Å². The molecule has 10 heteroatoms. The summed E-state index contributed by atoms with van der Waals surface area (Å²) >= 11 is 1.36. The molecule has 2 aromatic carbocycles. The van der Waals surface area contributed by atoms with Crippen molar-refractivity contribution in [1.29, 1.82) is 0 Å². The van der Waals surface area contributed by atoms with Crippen LogP contribution < -0.4 is 15.4 Å². The van der Waals surface area contributed by atoms with E-state index in [-0.39, 0.29) is 17.6 Å². The Labute approximate surface area is 207 Å². The Morgan fingerprint density at radius 1 is 0.971 bits per heavy atom. The van der Waals surface area contributed by atoms with Gasteiger partial charge in [0.1, 0.15) is 17.6 Å². The van der Waals surface area contributed by atoms with Crippen molar-refractivity contribution in [3.63, 3.8) is 0 Å². The van der Waals surface area contributed by atoms with Gasteiger partial charge in [0.05, 0.1) is 12.9 Å². The summed E-state index contributed by atoms with van der Waals surface area (Å²) in [6.45, 7) is 0. The number of aromatic nitrogens is 4. The van der Waals surface area contributed by atoms with Crippen LogP contribution >= 0.6 is 11.8 Å². The molecule has 35 heavy (non-hydrogen) atoms. The summed E-state index contributed by atoms with van der Waals surface area (Å²) in [7, 11) is 5.37. The third kappa shape index (κ3) is 5.90. The maximum Gasteiger partial charge on any atom is 0.252 e. The molecule has 180 valence electrons. The van der Waals surface area contributed by atoms with Crippen molar-refractivity contribution in [2.75, 3.05) is 18.2 Å². The van der Waals surface area contributed by atoms with E-state index in [4.69, 9.17) is 4.74 Å². The first-order valence-corrected chi connectivity index (χ1v) is 11.8. The number of rotatable bonds is 9. The highest BCUT2D eigenvalue weighted by molar-refractivity contribution is 7.99. The van der Waals surface area contributed by atoms with Gasteiger partial charge in [0.2, 0.25) is 5.91 Å². The average Bonchev–Trinajstić information content (AvgIpc) is 3.49. The quantitative estimate of drug-likeness (QED) is 0.349. The van der Waals surface area contributed by atoms with Crippen LogP contribution in [-0.2, 0) is 18.9 Å². The first-order valence-electron chi connectivity index (χ1n) is 10.9. The molecular weight excluding hydrogens is 464 g/mol. The zero-order chi connectivity index (χ0) is 24.8.